The Labute approximate surface area is 172 Å². The third-order valence-corrected chi connectivity index (χ3v) is 6.64. The average Bonchev–Trinajstić information content (AvgIpc) is 3.15. The SMILES string of the molecule is Cc1ccc(CNC(=O)CCC2CCCN(S(=O)(=O)/C=C/c3ccccc3)C2)o1. The van der Waals surface area contributed by atoms with Crippen LogP contribution in [-0.4, -0.2) is 31.7 Å². The van der Waals surface area contributed by atoms with E-state index < -0.39 is 10.0 Å². The summed E-state index contributed by atoms with van der Waals surface area (Å²) in [5.74, 6) is 1.71. The van der Waals surface area contributed by atoms with E-state index in [1.54, 1.807) is 6.08 Å². The van der Waals surface area contributed by atoms with Crippen LogP contribution in [0.4, 0.5) is 0 Å². The molecule has 29 heavy (non-hydrogen) atoms. The Bertz CT molecular complexity index is 935. The van der Waals surface area contributed by atoms with Crippen molar-refractivity contribution in [1.29, 1.82) is 0 Å². The zero-order valence-corrected chi connectivity index (χ0v) is 17.5. The smallest absolute Gasteiger partial charge is 0.236 e. The maximum Gasteiger partial charge on any atom is 0.236 e. The molecule has 0 radical (unpaired) electrons. The van der Waals surface area contributed by atoms with Crippen LogP contribution in [0.2, 0.25) is 0 Å². The molecule has 0 spiro atoms. The molecule has 1 saturated heterocycles. The molecule has 2 heterocycles. The van der Waals surface area contributed by atoms with Gasteiger partial charge in [0.15, 0.2) is 0 Å². The van der Waals surface area contributed by atoms with Crippen LogP contribution in [0.1, 0.15) is 42.8 Å². The number of carbonyl (C=O) groups excluding carboxylic acids is 1. The molecule has 1 aromatic heterocycles. The van der Waals surface area contributed by atoms with Crippen LogP contribution in [0.25, 0.3) is 6.08 Å². The van der Waals surface area contributed by atoms with E-state index in [1.165, 1.54) is 9.71 Å². The first-order valence-electron chi connectivity index (χ1n) is 9.98. The van der Waals surface area contributed by atoms with Crippen molar-refractivity contribution in [2.45, 2.75) is 39.2 Å². The van der Waals surface area contributed by atoms with Gasteiger partial charge in [0, 0.05) is 24.9 Å². The molecule has 156 valence electrons. The minimum Gasteiger partial charge on any atom is -0.465 e. The number of aryl methyl sites for hydroxylation is 1. The van der Waals surface area contributed by atoms with Crippen molar-refractivity contribution in [2.24, 2.45) is 5.92 Å². The Morgan fingerprint density at radius 2 is 2.03 bits per heavy atom. The Balaban J connectivity index is 1.47. The Kier molecular flexibility index (Phi) is 7.28. The second-order valence-corrected chi connectivity index (χ2v) is 9.27. The van der Waals surface area contributed by atoms with E-state index in [0.29, 0.717) is 32.5 Å². The van der Waals surface area contributed by atoms with Crippen molar-refractivity contribution in [3.05, 3.63) is 65.0 Å². The second kappa shape index (κ2) is 9.89. The number of furan rings is 1. The number of piperidine rings is 1. The standard InChI is InChI=1S/C22H28N2O4S/c1-18-9-11-21(28-18)16-23-22(25)12-10-20-8-5-14-24(17-20)29(26,27)15-13-19-6-3-2-4-7-19/h2-4,6-7,9,11,13,15,20H,5,8,10,12,14,16-17H2,1H3,(H,23,25)/b15-13+. The molecule has 1 fully saturated rings. The van der Waals surface area contributed by atoms with E-state index in [4.69, 9.17) is 4.42 Å². The zero-order chi connectivity index (χ0) is 20.7. The lowest BCUT2D eigenvalue weighted by molar-refractivity contribution is -0.121. The largest absolute Gasteiger partial charge is 0.465 e. The van der Waals surface area contributed by atoms with Crippen LogP contribution in [-0.2, 0) is 21.4 Å². The maximum atomic E-state index is 12.7. The van der Waals surface area contributed by atoms with Gasteiger partial charge >= 0.3 is 0 Å². The molecule has 7 heteroatoms. The first-order chi connectivity index (χ1) is 13.9. The van der Waals surface area contributed by atoms with Gasteiger partial charge in [-0.3, -0.25) is 4.79 Å². The van der Waals surface area contributed by atoms with Gasteiger partial charge in [-0.05, 0) is 55.9 Å². The summed E-state index contributed by atoms with van der Waals surface area (Å²) in [6, 6.07) is 13.1. The number of amides is 1. The summed E-state index contributed by atoms with van der Waals surface area (Å²) < 4.78 is 32.3. The number of nitrogens with one attached hydrogen (secondary N) is 1. The Morgan fingerprint density at radius 3 is 2.76 bits per heavy atom. The first kappa shape index (κ1) is 21.3. The molecule has 1 atom stereocenters. The predicted octanol–water partition coefficient (Wildman–Crippen LogP) is 3.70. The molecule has 1 amide bonds. The topological polar surface area (TPSA) is 79.6 Å². The van der Waals surface area contributed by atoms with Crippen LogP contribution in [0.15, 0.2) is 52.3 Å². The molecule has 1 unspecified atom stereocenters. The molecule has 3 rings (SSSR count). The molecule has 0 saturated carbocycles. The van der Waals surface area contributed by atoms with Gasteiger partial charge in [0.2, 0.25) is 15.9 Å². The number of sulfonamides is 1. The predicted molar refractivity (Wildman–Crippen MR) is 113 cm³/mol. The number of benzene rings is 1. The Hall–Kier alpha value is -2.38. The lowest BCUT2D eigenvalue weighted by Gasteiger charge is -2.31. The molecular weight excluding hydrogens is 388 g/mol. The Morgan fingerprint density at radius 1 is 1.24 bits per heavy atom. The van der Waals surface area contributed by atoms with E-state index in [0.717, 1.165) is 29.9 Å². The molecule has 1 aliphatic heterocycles. The van der Waals surface area contributed by atoms with Gasteiger partial charge < -0.3 is 9.73 Å². The average molecular weight is 417 g/mol. The fourth-order valence-corrected chi connectivity index (χ4v) is 4.80. The number of rotatable bonds is 8. The number of nitrogens with zero attached hydrogens (tertiary/aromatic N) is 1. The van der Waals surface area contributed by atoms with Gasteiger partial charge in [-0.1, -0.05) is 30.3 Å². The highest BCUT2D eigenvalue weighted by atomic mass is 32.2. The quantitative estimate of drug-likeness (QED) is 0.712. The molecule has 0 bridgehead atoms. The summed E-state index contributed by atoms with van der Waals surface area (Å²) in [5.41, 5.74) is 0.855. The molecule has 1 N–H and O–H groups in total. The van der Waals surface area contributed by atoms with Crippen LogP contribution < -0.4 is 5.32 Å². The van der Waals surface area contributed by atoms with Crippen molar-refractivity contribution < 1.29 is 17.6 Å². The third-order valence-electron chi connectivity index (χ3n) is 5.11. The van der Waals surface area contributed by atoms with Crippen molar-refractivity contribution in [2.75, 3.05) is 13.1 Å². The van der Waals surface area contributed by atoms with E-state index in [9.17, 15) is 13.2 Å². The van der Waals surface area contributed by atoms with E-state index in [2.05, 4.69) is 5.32 Å². The number of carbonyl (C=O) groups is 1. The van der Waals surface area contributed by atoms with Crippen molar-refractivity contribution in [1.82, 2.24) is 9.62 Å². The van der Waals surface area contributed by atoms with Gasteiger partial charge in [0.1, 0.15) is 11.5 Å². The first-order valence-corrected chi connectivity index (χ1v) is 11.5. The highest BCUT2D eigenvalue weighted by molar-refractivity contribution is 7.92. The highest BCUT2D eigenvalue weighted by Crippen LogP contribution is 2.24. The van der Waals surface area contributed by atoms with Crippen LogP contribution in [0.5, 0.6) is 0 Å². The summed E-state index contributed by atoms with van der Waals surface area (Å²) in [4.78, 5) is 12.1. The molecule has 2 aromatic rings. The van der Waals surface area contributed by atoms with Crippen molar-refractivity contribution >= 4 is 22.0 Å². The number of hydrogen-bond acceptors (Lipinski definition) is 4. The van der Waals surface area contributed by atoms with Crippen LogP contribution in [0, 0.1) is 12.8 Å². The summed E-state index contributed by atoms with van der Waals surface area (Å²) in [6.45, 7) is 3.24. The minimum atomic E-state index is -3.46. The highest BCUT2D eigenvalue weighted by Gasteiger charge is 2.27. The van der Waals surface area contributed by atoms with Gasteiger partial charge in [0.05, 0.1) is 6.54 Å². The van der Waals surface area contributed by atoms with E-state index in [-0.39, 0.29) is 11.8 Å². The molecule has 1 aromatic carbocycles. The normalized spacial score (nSPS) is 18.2. The maximum absolute atomic E-state index is 12.7. The van der Waals surface area contributed by atoms with Gasteiger partial charge in [-0.2, -0.15) is 4.31 Å². The van der Waals surface area contributed by atoms with Gasteiger partial charge in [0.25, 0.3) is 0 Å². The van der Waals surface area contributed by atoms with E-state index in [1.807, 2.05) is 49.4 Å². The summed E-state index contributed by atoms with van der Waals surface area (Å²) in [5, 5.41) is 4.14. The van der Waals surface area contributed by atoms with E-state index >= 15 is 0 Å². The monoisotopic (exact) mass is 416 g/mol. The molecular formula is C22H28N2O4S. The second-order valence-electron chi connectivity index (χ2n) is 7.45. The molecule has 1 aliphatic rings. The summed E-state index contributed by atoms with van der Waals surface area (Å²) >= 11 is 0. The van der Waals surface area contributed by atoms with Gasteiger partial charge in [-0.15, -0.1) is 0 Å². The minimum absolute atomic E-state index is 0.0389. The fraction of sp³-hybridized carbons (Fsp3) is 0.409. The third kappa shape index (κ3) is 6.58. The van der Waals surface area contributed by atoms with Crippen LogP contribution >= 0.6 is 0 Å². The lowest BCUT2D eigenvalue weighted by Crippen LogP contribution is -2.39. The van der Waals surface area contributed by atoms with Crippen molar-refractivity contribution in [3.8, 4) is 0 Å². The summed E-state index contributed by atoms with van der Waals surface area (Å²) in [7, 11) is -3.46. The van der Waals surface area contributed by atoms with Crippen LogP contribution in [0.3, 0.4) is 0 Å². The van der Waals surface area contributed by atoms with Gasteiger partial charge in [-0.25, -0.2) is 8.42 Å². The molecule has 6 nitrogen and oxygen atoms in total. The fourth-order valence-electron chi connectivity index (χ4n) is 3.50. The van der Waals surface area contributed by atoms with Crippen molar-refractivity contribution in [3.63, 3.8) is 0 Å². The summed E-state index contributed by atoms with van der Waals surface area (Å²) in [6.07, 6.45) is 4.45. The number of hydrogen-bond donors (Lipinski definition) is 1. The zero-order valence-electron chi connectivity index (χ0n) is 16.7. The lowest BCUT2D eigenvalue weighted by atomic mass is 9.94. The molecule has 0 aliphatic carbocycles.